The average molecular weight is 617 g/mol. The first kappa shape index (κ1) is 37.6. The Labute approximate surface area is 258 Å². The third-order valence-corrected chi connectivity index (χ3v) is 5.90. The van der Waals surface area contributed by atoms with Crippen molar-refractivity contribution in [2.45, 2.75) is 59.9 Å². The van der Waals surface area contributed by atoms with Gasteiger partial charge in [0.1, 0.15) is 24.9 Å². The van der Waals surface area contributed by atoms with Gasteiger partial charge in [0.2, 0.25) is 0 Å². The number of ketones is 1. The standard InChI is InChI=1S/C16H23NO5.C16H21NO5/c2*1-3-9-21-15(19)14(12(2)18)10-17-16(20)22-11-13-7-5-4-6-8-13/h4-8,12,14,18H,3,9-11H2,1-2H3,(H,17,20);4-8,14H,3,9-11H2,1-2H3,(H,17,20)/t12-,14+;/m1./s1. The van der Waals surface area contributed by atoms with Crippen molar-refractivity contribution in [1.29, 1.82) is 0 Å². The lowest BCUT2D eigenvalue weighted by atomic mass is 10.0. The number of rotatable bonds is 16. The van der Waals surface area contributed by atoms with E-state index in [2.05, 4.69) is 10.6 Å². The van der Waals surface area contributed by atoms with Gasteiger partial charge in [0.25, 0.3) is 0 Å². The van der Waals surface area contributed by atoms with Gasteiger partial charge < -0.3 is 34.7 Å². The Hall–Kier alpha value is -4.45. The lowest BCUT2D eigenvalue weighted by molar-refractivity contribution is -0.152. The van der Waals surface area contributed by atoms with Crippen LogP contribution in [0.1, 0.15) is 51.7 Å². The fourth-order valence-electron chi connectivity index (χ4n) is 3.38. The normalized spacial score (nSPS) is 12.2. The number of carbonyl (C=O) groups is 5. The van der Waals surface area contributed by atoms with Crippen LogP contribution in [-0.4, -0.2) is 67.4 Å². The number of alkyl carbamates (subject to hydrolysis) is 2. The molecule has 44 heavy (non-hydrogen) atoms. The number of aliphatic hydroxyl groups excluding tert-OH is 1. The Morgan fingerprint density at radius 2 is 1.11 bits per heavy atom. The number of aliphatic hydroxyl groups is 1. The number of ether oxygens (including phenoxy) is 4. The monoisotopic (exact) mass is 616 g/mol. The molecule has 0 spiro atoms. The van der Waals surface area contributed by atoms with E-state index >= 15 is 0 Å². The minimum absolute atomic E-state index is 0.0339. The predicted octanol–water partition coefficient (Wildman–Crippen LogP) is 3.93. The Bertz CT molecular complexity index is 1140. The van der Waals surface area contributed by atoms with Crippen LogP contribution in [0.3, 0.4) is 0 Å². The van der Waals surface area contributed by atoms with Crippen molar-refractivity contribution >= 4 is 29.9 Å². The third kappa shape index (κ3) is 16.3. The molecule has 1 unspecified atom stereocenters. The number of nitrogens with one attached hydrogen (secondary N) is 2. The average Bonchev–Trinajstić information content (AvgIpc) is 3.01. The van der Waals surface area contributed by atoms with Crippen LogP contribution in [0.25, 0.3) is 0 Å². The van der Waals surface area contributed by atoms with E-state index in [4.69, 9.17) is 18.9 Å². The molecular weight excluding hydrogens is 572 g/mol. The molecule has 3 N–H and O–H groups in total. The van der Waals surface area contributed by atoms with Crippen LogP contribution in [0, 0.1) is 11.8 Å². The third-order valence-electron chi connectivity index (χ3n) is 5.90. The summed E-state index contributed by atoms with van der Waals surface area (Å²) >= 11 is 0. The number of Topliss-reactive ketones (excluding diaryl/α,β-unsaturated/α-hetero) is 1. The maximum absolute atomic E-state index is 11.8. The molecule has 0 bridgehead atoms. The molecule has 2 aromatic carbocycles. The molecule has 0 saturated heterocycles. The summed E-state index contributed by atoms with van der Waals surface area (Å²) in [5, 5.41) is 14.5. The first-order valence-corrected chi connectivity index (χ1v) is 14.5. The molecule has 0 aliphatic heterocycles. The molecule has 12 nitrogen and oxygen atoms in total. The highest BCUT2D eigenvalue weighted by molar-refractivity contribution is 5.98. The molecule has 0 aromatic heterocycles. The van der Waals surface area contributed by atoms with Crippen LogP contribution >= 0.6 is 0 Å². The fraction of sp³-hybridized carbons (Fsp3) is 0.469. The van der Waals surface area contributed by atoms with Gasteiger partial charge >= 0.3 is 24.1 Å². The van der Waals surface area contributed by atoms with Gasteiger partial charge in [0, 0.05) is 13.1 Å². The zero-order chi connectivity index (χ0) is 32.7. The van der Waals surface area contributed by atoms with Crippen molar-refractivity contribution in [3.05, 3.63) is 71.8 Å². The van der Waals surface area contributed by atoms with Crippen molar-refractivity contribution < 1.29 is 48.0 Å². The Morgan fingerprint density at radius 1 is 0.682 bits per heavy atom. The summed E-state index contributed by atoms with van der Waals surface area (Å²) in [6.07, 6.45) is -0.872. The second kappa shape index (κ2) is 22.1. The Morgan fingerprint density at radius 3 is 1.52 bits per heavy atom. The van der Waals surface area contributed by atoms with Crippen LogP contribution < -0.4 is 10.6 Å². The zero-order valence-corrected chi connectivity index (χ0v) is 25.8. The van der Waals surface area contributed by atoms with Gasteiger partial charge in [-0.3, -0.25) is 14.4 Å². The van der Waals surface area contributed by atoms with E-state index in [0.29, 0.717) is 19.4 Å². The molecule has 0 aliphatic rings. The summed E-state index contributed by atoms with van der Waals surface area (Å²) in [6, 6.07) is 18.5. The molecule has 2 aromatic rings. The largest absolute Gasteiger partial charge is 0.465 e. The van der Waals surface area contributed by atoms with Crippen LogP contribution in [0.4, 0.5) is 9.59 Å². The summed E-state index contributed by atoms with van der Waals surface area (Å²) in [7, 11) is 0. The van der Waals surface area contributed by atoms with Crippen molar-refractivity contribution in [3.63, 3.8) is 0 Å². The summed E-state index contributed by atoms with van der Waals surface area (Å²) < 4.78 is 20.0. The van der Waals surface area contributed by atoms with Crippen LogP contribution in [0.5, 0.6) is 0 Å². The van der Waals surface area contributed by atoms with E-state index in [1.807, 2.05) is 74.5 Å². The summed E-state index contributed by atoms with van der Waals surface area (Å²) in [6.45, 7) is 7.15. The van der Waals surface area contributed by atoms with Gasteiger partial charge in [-0.1, -0.05) is 74.5 Å². The lowest BCUT2D eigenvalue weighted by Crippen LogP contribution is -2.39. The number of amides is 2. The van der Waals surface area contributed by atoms with Crippen LogP contribution in [0.2, 0.25) is 0 Å². The first-order chi connectivity index (χ1) is 21.1. The smallest absolute Gasteiger partial charge is 0.407 e. The SMILES string of the molecule is CCCOC(=O)C(CNC(=O)OCc1ccccc1)C(C)=O.CCCOC(=O)[C@@H](CNC(=O)OCc1ccccc1)[C@@H](C)O. The number of hydrogen-bond acceptors (Lipinski definition) is 10. The van der Waals surface area contributed by atoms with Gasteiger partial charge in [0.15, 0.2) is 0 Å². The molecule has 0 aliphatic carbocycles. The number of benzene rings is 2. The molecule has 0 heterocycles. The van der Waals surface area contributed by atoms with Crippen molar-refractivity contribution in [1.82, 2.24) is 10.6 Å². The topological polar surface area (TPSA) is 167 Å². The number of hydrogen-bond donors (Lipinski definition) is 3. The van der Waals surface area contributed by atoms with Gasteiger partial charge in [-0.05, 0) is 37.8 Å². The van der Waals surface area contributed by atoms with E-state index in [0.717, 1.165) is 11.1 Å². The molecule has 2 amide bonds. The molecule has 2 rings (SSSR count). The van der Waals surface area contributed by atoms with E-state index in [9.17, 15) is 29.1 Å². The fourth-order valence-corrected chi connectivity index (χ4v) is 3.38. The number of carbonyl (C=O) groups excluding carboxylic acids is 5. The molecule has 242 valence electrons. The van der Waals surface area contributed by atoms with Crippen molar-refractivity contribution in [2.24, 2.45) is 11.8 Å². The van der Waals surface area contributed by atoms with Crippen molar-refractivity contribution in [3.8, 4) is 0 Å². The van der Waals surface area contributed by atoms with E-state index in [1.165, 1.54) is 13.8 Å². The predicted molar refractivity (Wildman–Crippen MR) is 161 cm³/mol. The van der Waals surface area contributed by atoms with Gasteiger partial charge in [-0.15, -0.1) is 0 Å². The minimum Gasteiger partial charge on any atom is -0.465 e. The summed E-state index contributed by atoms with van der Waals surface area (Å²) in [4.78, 5) is 58.1. The van der Waals surface area contributed by atoms with Gasteiger partial charge in [-0.25, -0.2) is 9.59 Å². The highest BCUT2D eigenvalue weighted by Crippen LogP contribution is 2.07. The second-order valence-corrected chi connectivity index (χ2v) is 9.73. The quantitative estimate of drug-likeness (QED) is 0.143. The lowest BCUT2D eigenvalue weighted by Gasteiger charge is -2.18. The maximum atomic E-state index is 11.8. The highest BCUT2D eigenvalue weighted by atomic mass is 16.6. The molecule has 12 heteroatoms. The van der Waals surface area contributed by atoms with Gasteiger partial charge in [0.05, 0.1) is 25.2 Å². The molecule has 0 fully saturated rings. The molecular formula is C32H44N2O10. The highest BCUT2D eigenvalue weighted by Gasteiger charge is 2.26. The summed E-state index contributed by atoms with van der Waals surface area (Å²) in [5.41, 5.74) is 1.72. The molecule has 3 atom stereocenters. The second-order valence-electron chi connectivity index (χ2n) is 9.73. The zero-order valence-electron chi connectivity index (χ0n) is 25.8. The van der Waals surface area contributed by atoms with E-state index < -0.39 is 42.1 Å². The van der Waals surface area contributed by atoms with Gasteiger partial charge in [-0.2, -0.15) is 0 Å². The van der Waals surface area contributed by atoms with Crippen LogP contribution in [-0.2, 0) is 46.5 Å². The van der Waals surface area contributed by atoms with E-state index in [1.54, 1.807) is 0 Å². The first-order valence-electron chi connectivity index (χ1n) is 14.5. The molecule has 0 radical (unpaired) electrons. The van der Waals surface area contributed by atoms with Crippen LogP contribution in [0.15, 0.2) is 60.7 Å². The summed E-state index contributed by atoms with van der Waals surface area (Å²) in [5.74, 6) is -3.32. The Kier molecular flexibility index (Phi) is 18.9. The Balaban J connectivity index is 0.000000440. The van der Waals surface area contributed by atoms with Crippen molar-refractivity contribution in [2.75, 3.05) is 26.3 Å². The minimum atomic E-state index is -1.00. The van der Waals surface area contributed by atoms with E-state index in [-0.39, 0.29) is 38.7 Å². The number of esters is 2. The molecule has 0 saturated carbocycles. The maximum Gasteiger partial charge on any atom is 0.407 e.